The summed E-state index contributed by atoms with van der Waals surface area (Å²) < 4.78 is 28.6. The van der Waals surface area contributed by atoms with Crippen molar-refractivity contribution in [2.45, 2.75) is 6.54 Å². The van der Waals surface area contributed by atoms with Gasteiger partial charge in [-0.15, -0.1) is 0 Å². The van der Waals surface area contributed by atoms with E-state index in [0.717, 1.165) is 28.1 Å². The summed E-state index contributed by atoms with van der Waals surface area (Å²) in [5.41, 5.74) is 4.78. The third-order valence-electron chi connectivity index (χ3n) is 5.82. The van der Waals surface area contributed by atoms with Gasteiger partial charge in [0.1, 0.15) is 0 Å². The summed E-state index contributed by atoms with van der Waals surface area (Å²) in [5, 5.41) is 4.91. The molecule has 0 fully saturated rings. The molecule has 4 aromatic rings. The third kappa shape index (κ3) is 4.98. The van der Waals surface area contributed by atoms with Crippen LogP contribution in [0.2, 0.25) is 0 Å². The molecule has 0 atom stereocenters. The van der Waals surface area contributed by atoms with Gasteiger partial charge in [0.2, 0.25) is 0 Å². The molecule has 8 heteroatoms. The molecular weight excluding hydrogens is 460 g/mol. The molecule has 4 rings (SSSR count). The molecule has 0 saturated carbocycles. The van der Waals surface area contributed by atoms with Gasteiger partial charge in [0.05, 0.1) is 59.0 Å². The van der Waals surface area contributed by atoms with Gasteiger partial charge in [-0.1, -0.05) is 12.1 Å². The second-order valence-corrected chi connectivity index (χ2v) is 7.90. The predicted octanol–water partition coefficient (Wildman–Crippen LogP) is 5.09. The average Bonchev–Trinajstić information content (AvgIpc) is 3.35. The van der Waals surface area contributed by atoms with E-state index in [1.807, 2.05) is 65.3 Å². The molecule has 0 spiro atoms. The number of esters is 1. The molecular formula is C28H28N2O6. The maximum atomic E-state index is 12.0. The minimum absolute atomic E-state index is 0.386. The van der Waals surface area contributed by atoms with Crippen LogP contribution in [0.5, 0.6) is 23.0 Å². The van der Waals surface area contributed by atoms with Gasteiger partial charge in [-0.05, 0) is 60.2 Å². The Hall–Kier alpha value is -4.46. The van der Waals surface area contributed by atoms with Crippen molar-refractivity contribution >= 4 is 5.97 Å². The highest BCUT2D eigenvalue weighted by molar-refractivity contribution is 5.89. The Labute approximate surface area is 209 Å². The molecule has 1 heterocycles. The zero-order chi connectivity index (χ0) is 25.7. The molecule has 0 saturated heterocycles. The van der Waals surface area contributed by atoms with Crippen LogP contribution in [0.1, 0.15) is 15.9 Å². The molecule has 0 radical (unpaired) electrons. The summed E-state index contributed by atoms with van der Waals surface area (Å²) in [7, 11) is 7.78. The first-order valence-electron chi connectivity index (χ1n) is 11.2. The second-order valence-electron chi connectivity index (χ2n) is 7.90. The predicted molar refractivity (Wildman–Crippen MR) is 136 cm³/mol. The van der Waals surface area contributed by atoms with Gasteiger partial charge in [-0.3, -0.25) is 4.68 Å². The van der Waals surface area contributed by atoms with Crippen molar-refractivity contribution in [3.63, 3.8) is 0 Å². The van der Waals surface area contributed by atoms with E-state index in [4.69, 9.17) is 28.8 Å². The molecule has 1 aromatic heterocycles. The van der Waals surface area contributed by atoms with Crippen LogP contribution in [0.4, 0.5) is 0 Å². The Morgan fingerprint density at radius 3 is 1.94 bits per heavy atom. The van der Waals surface area contributed by atoms with Crippen LogP contribution in [0.15, 0.2) is 66.7 Å². The molecule has 0 aliphatic rings. The van der Waals surface area contributed by atoms with Gasteiger partial charge in [0.25, 0.3) is 0 Å². The fourth-order valence-corrected chi connectivity index (χ4v) is 3.99. The number of aromatic nitrogens is 2. The Morgan fingerprint density at radius 1 is 0.722 bits per heavy atom. The highest BCUT2D eigenvalue weighted by Crippen LogP contribution is 2.36. The quantitative estimate of drug-likeness (QED) is 0.304. The SMILES string of the molecule is COC(=O)c1cccc(Cn2nc(-c3ccc(OC)c(OC)c3)cc2-c2ccc(OC)c(OC)c2)c1. The minimum Gasteiger partial charge on any atom is -0.493 e. The zero-order valence-corrected chi connectivity index (χ0v) is 20.9. The number of carbonyl (C=O) groups is 1. The number of hydrogen-bond acceptors (Lipinski definition) is 7. The highest BCUT2D eigenvalue weighted by atomic mass is 16.5. The van der Waals surface area contributed by atoms with Gasteiger partial charge in [0.15, 0.2) is 23.0 Å². The van der Waals surface area contributed by atoms with Crippen molar-refractivity contribution in [1.29, 1.82) is 0 Å². The van der Waals surface area contributed by atoms with Gasteiger partial charge >= 0.3 is 5.97 Å². The maximum Gasteiger partial charge on any atom is 0.337 e. The largest absolute Gasteiger partial charge is 0.493 e. The smallest absolute Gasteiger partial charge is 0.337 e. The van der Waals surface area contributed by atoms with Crippen LogP contribution in [-0.2, 0) is 11.3 Å². The van der Waals surface area contributed by atoms with E-state index in [0.29, 0.717) is 35.1 Å². The Balaban J connectivity index is 1.82. The fraction of sp³-hybridized carbons (Fsp3) is 0.214. The first-order chi connectivity index (χ1) is 17.5. The summed E-state index contributed by atoms with van der Waals surface area (Å²) >= 11 is 0. The van der Waals surface area contributed by atoms with Crippen LogP contribution >= 0.6 is 0 Å². The standard InChI is InChI=1S/C28H28N2O6/c1-32-24-11-9-19(14-26(24)34-3)22-16-23(20-10-12-25(33-2)27(15-20)35-4)30(29-22)17-18-7-6-8-21(13-18)28(31)36-5/h6-16H,17H2,1-5H3. The Bertz CT molecular complexity index is 1380. The number of hydrogen-bond donors (Lipinski definition) is 0. The topological polar surface area (TPSA) is 81.0 Å². The summed E-state index contributed by atoms with van der Waals surface area (Å²) in [4.78, 5) is 12.0. The Kier molecular flexibility index (Phi) is 7.44. The summed E-state index contributed by atoms with van der Waals surface area (Å²) in [6, 6.07) is 20.7. The lowest BCUT2D eigenvalue weighted by molar-refractivity contribution is 0.0600. The summed E-state index contributed by atoms with van der Waals surface area (Å²) in [6.07, 6.45) is 0. The fourth-order valence-electron chi connectivity index (χ4n) is 3.99. The van der Waals surface area contributed by atoms with Crippen LogP contribution < -0.4 is 18.9 Å². The monoisotopic (exact) mass is 488 g/mol. The number of ether oxygens (including phenoxy) is 5. The molecule has 186 valence electrons. The van der Waals surface area contributed by atoms with E-state index in [-0.39, 0.29) is 5.97 Å². The molecule has 0 amide bonds. The minimum atomic E-state index is -0.386. The van der Waals surface area contributed by atoms with Gasteiger partial charge in [0, 0.05) is 11.1 Å². The van der Waals surface area contributed by atoms with Crippen molar-refractivity contribution in [3.8, 4) is 45.5 Å². The number of carbonyl (C=O) groups excluding carboxylic acids is 1. The van der Waals surface area contributed by atoms with E-state index in [2.05, 4.69) is 0 Å². The van der Waals surface area contributed by atoms with E-state index in [1.165, 1.54) is 7.11 Å². The third-order valence-corrected chi connectivity index (χ3v) is 5.82. The van der Waals surface area contributed by atoms with Gasteiger partial charge < -0.3 is 23.7 Å². The van der Waals surface area contributed by atoms with Crippen LogP contribution in [0, 0.1) is 0 Å². The second kappa shape index (κ2) is 10.9. The molecule has 3 aromatic carbocycles. The van der Waals surface area contributed by atoms with E-state index in [1.54, 1.807) is 34.5 Å². The number of rotatable bonds is 9. The average molecular weight is 489 g/mol. The molecule has 0 unspecified atom stereocenters. The first kappa shape index (κ1) is 24.7. The van der Waals surface area contributed by atoms with E-state index in [9.17, 15) is 4.79 Å². The summed E-state index contributed by atoms with van der Waals surface area (Å²) in [5.74, 6) is 2.12. The van der Waals surface area contributed by atoms with Crippen LogP contribution in [0.25, 0.3) is 22.5 Å². The Morgan fingerprint density at radius 2 is 1.33 bits per heavy atom. The lowest BCUT2D eigenvalue weighted by atomic mass is 10.1. The van der Waals surface area contributed by atoms with Crippen molar-refractivity contribution in [2.75, 3.05) is 35.5 Å². The molecule has 0 aliphatic heterocycles. The normalized spacial score (nSPS) is 10.6. The van der Waals surface area contributed by atoms with Crippen molar-refractivity contribution in [2.24, 2.45) is 0 Å². The number of benzene rings is 3. The summed E-state index contributed by atoms with van der Waals surface area (Å²) in [6.45, 7) is 0.432. The van der Waals surface area contributed by atoms with E-state index < -0.39 is 0 Å². The molecule has 8 nitrogen and oxygen atoms in total. The molecule has 36 heavy (non-hydrogen) atoms. The highest BCUT2D eigenvalue weighted by Gasteiger charge is 2.17. The lowest BCUT2D eigenvalue weighted by Gasteiger charge is -2.12. The molecule has 0 bridgehead atoms. The zero-order valence-electron chi connectivity index (χ0n) is 20.9. The van der Waals surface area contributed by atoms with Crippen molar-refractivity contribution < 1.29 is 28.5 Å². The van der Waals surface area contributed by atoms with Gasteiger partial charge in [-0.2, -0.15) is 5.10 Å². The van der Waals surface area contributed by atoms with Crippen molar-refractivity contribution in [3.05, 3.63) is 77.9 Å². The lowest BCUT2D eigenvalue weighted by Crippen LogP contribution is -2.06. The van der Waals surface area contributed by atoms with Crippen molar-refractivity contribution in [1.82, 2.24) is 9.78 Å². The van der Waals surface area contributed by atoms with Gasteiger partial charge in [-0.25, -0.2) is 4.79 Å². The van der Waals surface area contributed by atoms with E-state index >= 15 is 0 Å². The molecule has 0 N–H and O–H groups in total. The number of methoxy groups -OCH3 is 5. The number of nitrogens with zero attached hydrogens (tertiary/aromatic N) is 2. The van der Waals surface area contributed by atoms with Crippen LogP contribution in [0.3, 0.4) is 0 Å². The maximum absolute atomic E-state index is 12.0. The first-order valence-corrected chi connectivity index (χ1v) is 11.2. The van der Waals surface area contributed by atoms with Crippen LogP contribution in [-0.4, -0.2) is 51.3 Å². The molecule has 0 aliphatic carbocycles.